The Hall–Kier alpha value is -2.78. The Kier molecular flexibility index (Phi) is 7.63. The molecule has 32 heavy (non-hydrogen) atoms. The number of azide groups is 1. The summed E-state index contributed by atoms with van der Waals surface area (Å²) >= 11 is 12.0. The lowest BCUT2D eigenvalue weighted by atomic mass is 10.1. The van der Waals surface area contributed by atoms with Crippen LogP contribution in [0, 0.1) is 0 Å². The third kappa shape index (κ3) is 5.72. The van der Waals surface area contributed by atoms with Gasteiger partial charge in [-0.3, -0.25) is 4.98 Å². The summed E-state index contributed by atoms with van der Waals surface area (Å²) in [5.74, 6) is 0.233. The summed E-state index contributed by atoms with van der Waals surface area (Å²) in [5.41, 5.74) is 9.79. The summed E-state index contributed by atoms with van der Waals surface area (Å²) in [7, 11) is -4.32. The number of hydrogen-bond donors (Lipinski definition) is 0. The van der Waals surface area contributed by atoms with E-state index in [-0.39, 0.29) is 46.2 Å². The van der Waals surface area contributed by atoms with Gasteiger partial charge in [-0.25, -0.2) is 4.98 Å². The zero-order valence-electron chi connectivity index (χ0n) is 17.3. The molecule has 0 unspecified atom stereocenters. The van der Waals surface area contributed by atoms with Gasteiger partial charge in [0.1, 0.15) is 11.6 Å². The van der Waals surface area contributed by atoms with Gasteiger partial charge in [0.25, 0.3) is 0 Å². The van der Waals surface area contributed by atoms with Crippen molar-refractivity contribution in [3.63, 3.8) is 0 Å². The minimum atomic E-state index is -4.32. The average Bonchev–Trinajstić information content (AvgIpc) is 3.07. The van der Waals surface area contributed by atoms with Crippen molar-refractivity contribution in [3.05, 3.63) is 80.3 Å². The van der Waals surface area contributed by atoms with E-state index < -0.39 is 10.1 Å². The van der Waals surface area contributed by atoms with Crippen molar-refractivity contribution in [1.82, 2.24) is 14.5 Å². The van der Waals surface area contributed by atoms with Gasteiger partial charge in [-0.2, -0.15) is 8.42 Å². The fraction of sp³-hybridized carbons (Fsp3) is 0.300. The van der Waals surface area contributed by atoms with E-state index in [0.717, 1.165) is 5.56 Å². The maximum Gasteiger partial charge on any atom is 0.357 e. The van der Waals surface area contributed by atoms with Gasteiger partial charge in [0, 0.05) is 52.4 Å². The third-order valence-corrected chi connectivity index (χ3v) is 6.19. The average molecular weight is 495 g/mol. The zero-order valence-corrected chi connectivity index (χ0v) is 19.6. The molecular formula is C20H20Cl2N6O3S. The van der Waals surface area contributed by atoms with Gasteiger partial charge >= 0.3 is 10.1 Å². The minimum absolute atomic E-state index is 0.00972. The number of aromatic nitrogens is 3. The fourth-order valence-electron chi connectivity index (χ4n) is 3.10. The quantitative estimate of drug-likeness (QED) is 0.171. The van der Waals surface area contributed by atoms with E-state index in [4.69, 9.17) is 32.9 Å². The number of rotatable bonds is 9. The van der Waals surface area contributed by atoms with Crippen LogP contribution in [0.25, 0.3) is 10.4 Å². The molecule has 0 radical (unpaired) electrons. The molecule has 3 rings (SSSR count). The molecule has 0 saturated carbocycles. The second-order valence-electron chi connectivity index (χ2n) is 7.16. The molecule has 0 bridgehead atoms. The van der Waals surface area contributed by atoms with E-state index in [9.17, 15) is 8.42 Å². The number of imidazole rings is 1. The van der Waals surface area contributed by atoms with E-state index in [1.54, 1.807) is 29.1 Å². The van der Waals surface area contributed by atoms with E-state index in [1.807, 2.05) is 13.8 Å². The van der Waals surface area contributed by atoms with Crippen LogP contribution in [0.1, 0.15) is 36.8 Å². The third-order valence-electron chi connectivity index (χ3n) is 4.44. The molecule has 9 nitrogen and oxygen atoms in total. The maximum absolute atomic E-state index is 13.4. The monoisotopic (exact) mass is 494 g/mol. The molecule has 0 saturated heterocycles. The Morgan fingerprint density at radius 1 is 1.19 bits per heavy atom. The van der Waals surface area contributed by atoms with Crippen LogP contribution in [-0.4, -0.2) is 29.5 Å². The molecule has 0 N–H and O–H groups in total. The number of nitrogens with zero attached hydrogens (tertiary/aromatic N) is 6. The second kappa shape index (κ2) is 10.2. The number of hydrogen-bond acceptors (Lipinski definition) is 6. The van der Waals surface area contributed by atoms with E-state index in [2.05, 4.69) is 20.0 Å². The highest BCUT2D eigenvalue weighted by atomic mass is 35.5. The molecule has 0 aliphatic rings. The van der Waals surface area contributed by atoms with Gasteiger partial charge in [-0.05, 0) is 35.2 Å². The van der Waals surface area contributed by atoms with E-state index in [0.29, 0.717) is 11.5 Å². The minimum Gasteiger partial charge on any atom is -0.378 e. The lowest BCUT2D eigenvalue weighted by Crippen LogP contribution is -2.19. The molecule has 0 aliphatic heterocycles. The van der Waals surface area contributed by atoms with Gasteiger partial charge in [-0.15, -0.1) is 0 Å². The SMILES string of the molecule is CC(C)c1nc(CCN=[N+]=[N-])n(Cc2ccncc2)c1S(=O)(=O)Oc1cc(Cl)cc(Cl)c1. The number of benzene rings is 1. The highest BCUT2D eigenvalue weighted by Gasteiger charge is 2.31. The first kappa shape index (κ1) is 23.9. The molecular weight excluding hydrogens is 475 g/mol. The Bertz CT molecular complexity index is 1240. The second-order valence-corrected chi connectivity index (χ2v) is 9.50. The first-order valence-corrected chi connectivity index (χ1v) is 11.8. The Morgan fingerprint density at radius 3 is 2.44 bits per heavy atom. The molecule has 3 aromatic rings. The molecule has 0 spiro atoms. The van der Waals surface area contributed by atoms with E-state index in [1.165, 1.54) is 18.2 Å². The summed E-state index contributed by atoms with van der Waals surface area (Å²) in [6.45, 7) is 4.02. The van der Waals surface area contributed by atoms with Crippen molar-refractivity contribution in [2.75, 3.05) is 6.54 Å². The van der Waals surface area contributed by atoms with Crippen molar-refractivity contribution >= 4 is 33.3 Å². The standard InChI is InChI=1S/C20H20Cl2N6O3S/c1-13(2)19-20(32(29,30)31-17-10-15(21)9-16(22)11-17)28(12-14-3-6-24-7-4-14)18(26-19)5-8-25-27-23/h3-4,6-7,9-11,13H,5,8,12H2,1-2H3. The van der Waals surface area contributed by atoms with Crippen molar-refractivity contribution in [2.45, 2.75) is 37.8 Å². The summed E-state index contributed by atoms with van der Waals surface area (Å²) in [5, 5.41) is 3.97. The van der Waals surface area contributed by atoms with Gasteiger partial charge < -0.3 is 8.75 Å². The topological polar surface area (TPSA) is 123 Å². The highest BCUT2D eigenvalue weighted by Crippen LogP contribution is 2.31. The smallest absolute Gasteiger partial charge is 0.357 e. The molecule has 168 valence electrons. The predicted molar refractivity (Wildman–Crippen MR) is 122 cm³/mol. The molecule has 12 heteroatoms. The first-order valence-electron chi connectivity index (χ1n) is 9.61. The van der Waals surface area contributed by atoms with Crippen molar-refractivity contribution in [1.29, 1.82) is 0 Å². The summed E-state index contributed by atoms with van der Waals surface area (Å²) < 4.78 is 33.9. The summed E-state index contributed by atoms with van der Waals surface area (Å²) in [6.07, 6.45) is 3.50. The molecule has 0 fully saturated rings. The summed E-state index contributed by atoms with van der Waals surface area (Å²) in [4.78, 5) is 11.3. The normalized spacial score (nSPS) is 11.4. The molecule has 0 amide bonds. The number of halogens is 2. The molecule has 2 heterocycles. The summed E-state index contributed by atoms with van der Waals surface area (Å²) in [6, 6.07) is 7.77. The highest BCUT2D eigenvalue weighted by molar-refractivity contribution is 7.87. The molecule has 1 aromatic carbocycles. The molecule has 0 aliphatic carbocycles. The van der Waals surface area contributed by atoms with Crippen LogP contribution < -0.4 is 4.18 Å². The van der Waals surface area contributed by atoms with Crippen molar-refractivity contribution in [3.8, 4) is 5.75 Å². The zero-order chi connectivity index (χ0) is 23.3. The Labute approximate surface area is 195 Å². The van der Waals surface area contributed by atoms with Crippen LogP contribution in [0.4, 0.5) is 0 Å². The van der Waals surface area contributed by atoms with Gasteiger partial charge in [0.15, 0.2) is 5.03 Å². The lowest BCUT2D eigenvalue weighted by molar-refractivity contribution is 0.471. The Balaban J connectivity index is 2.15. The van der Waals surface area contributed by atoms with E-state index >= 15 is 0 Å². The predicted octanol–water partition coefficient (Wildman–Crippen LogP) is 5.38. The van der Waals surface area contributed by atoms with Crippen LogP contribution in [0.2, 0.25) is 10.0 Å². The van der Waals surface area contributed by atoms with Gasteiger partial charge in [-0.1, -0.05) is 42.2 Å². The van der Waals surface area contributed by atoms with Crippen LogP contribution >= 0.6 is 23.2 Å². The van der Waals surface area contributed by atoms with Gasteiger partial charge in [0.2, 0.25) is 0 Å². The fourth-order valence-corrected chi connectivity index (χ4v) is 5.02. The molecule has 0 atom stereocenters. The largest absolute Gasteiger partial charge is 0.378 e. The van der Waals surface area contributed by atoms with Crippen LogP contribution in [-0.2, 0) is 23.1 Å². The maximum atomic E-state index is 13.4. The molecule has 2 aromatic heterocycles. The van der Waals surface area contributed by atoms with Crippen molar-refractivity contribution in [2.24, 2.45) is 5.11 Å². The van der Waals surface area contributed by atoms with Crippen LogP contribution in [0.3, 0.4) is 0 Å². The number of pyridine rings is 1. The van der Waals surface area contributed by atoms with Gasteiger partial charge in [0.05, 0.1) is 12.2 Å². The van der Waals surface area contributed by atoms with Crippen LogP contribution in [0.5, 0.6) is 5.75 Å². The van der Waals surface area contributed by atoms with Crippen molar-refractivity contribution < 1.29 is 12.6 Å². The lowest BCUT2D eigenvalue weighted by Gasteiger charge is -2.15. The first-order chi connectivity index (χ1) is 15.2. The van der Waals surface area contributed by atoms with Crippen LogP contribution in [0.15, 0.2) is 52.9 Å². The Morgan fingerprint density at radius 2 is 1.84 bits per heavy atom.